The molecule has 1 N–H and O–H groups in total. The zero-order valence-corrected chi connectivity index (χ0v) is 8.94. The van der Waals surface area contributed by atoms with E-state index in [0.717, 1.165) is 6.07 Å². The molecular formula is C11H10F2O4. The van der Waals surface area contributed by atoms with Crippen molar-refractivity contribution >= 4 is 5.97 Å². The van der Waals surface area contributed by atoms with Crippen LogP contribution in [0.5, 0.6) is 11.5 Å². The van der Waals surface area contributed by atoms with E-state index in [-0.39, 0.29) is 29.4 Å². The van der Waals surface area contributed by atoms with E-state index < -0.39 is 18.3 Å². The zero-order valence-electron chi connectivity index (χ0n) is 8.94. The molecule has 1 atom stereocenters. The zero-order chi connectivity index (χ0) is 12.6. The largest absolute Gasteiger partial charge is 0.481 e. The van der Waals surface area contributed by atoms with Crippen LogP contribution in [0.3, 0.4) is 0 Å². The van der Waals surface area contributed by atoms with E-state index in [0.29, 0.717) is 0 Å². The van der Waals surface area contributed by atoms with Gasteiger partial charge in [0.2, 0.25) is 6.79 Å². The van der Waals surface area contributed by atoms with E-state index in [9.17, 15) is 13.6 Å². The maximum Gasteiger partial charge on any atom is 0.310 e. The Bertz CT molecular complexity index is 459. The van der Waals surface area contributed by atoms with Gasteiger partial charge in [0, 0.05) is 11.1 Å². The van der Waals surface area contributed by atoms with Crippen molar-refractivity contribution in [3.8, 4) is 11.5 Å². The molecule has 2 rings (SSSR count). The van der Waals surface area contributed by atoms with Crippen LogP contribution < -0.4 is 9.47 Å². The Morgan fingerprint density at radius 3 is 2.71 bits per heavy atom. The summed E-state index contributed by atoms with van der Waals surface area (Å²) in [7, 11) is 0. The van der Waals surface area contributed by atoms with Gasteiger partial charge in [0.25, 0.3) is 6.43 Å². The van der Waals surface area contributed by atoms with E-state index in [2.05, 4.69) is 0 Å². The smallest absolute Gasteiger partial charge is 0.310 e. The molecule has 1 aromatic carbocycles. The minimum absolute atomic E-state index is 0.0820. The molecule has 1 unspecified atom stereocenters. The van der Waals surface area contributed by atoms with Crippen molar-refractivity contribution in [3.63, 3.8) is 0 Å². The van der Waals surface area contributed by atoms with Gasteiger partial charge in [-0.2, -0.15) is 0 Å². The lowest BCUT2D eigenvalue weighted by molar-refractivity contribution is -0.138. The first-order chi connectivity index (χ1) is 8.00. The number of halogens is 2. The SMILES string of the molecule is CC(C(=O)O)c1cc(C(F)F)cc2c1OCO2. The number of ether oxygens (including phenoxy) is 2. The first-order valence-electron chi connectivity index (χ1n) is 4.95. The molecule has 92 valence electrons. The Morgan fingerprint density at radius 1 is 1.41 bits per heavy atom. The monoisotopic (exact) mass is 244 g/mol. The van der Waals surface area contributed by atoms with Gasteiger partial charge in [-0.25, -0.2) is 8.78 Å². The summed E-state index contributed by atoms with van der Waals surface area (Å²) in [5, 5.41) is 8.91. The van der Waals surface area contributed by atoms with Crippen LogP contribution in [0.2, 0.25) is 0 Å². The van der Waals surface area contributed by atoms with Crippen LogP contribution in [0.1, 0.15) is 30.4 Å². The number of benzene rings is 1. The van der Waals surface area contributed by atoms with Gasteiger partial charge in [-0.05, 0) is 19.1 Å². The fraction of sp³-hybridized carbons (Fsp3) is 0.364. The Hall–Kier alpha value is -1.85. The molecule has 17 heavy (non-hydrogen) atoms. The second-order valence-electron chi connectivity index (χ2n) is 3.70. The van der Waals surface area contributed by atoms with Crippen LogP contribution in [0.4, 0.5) is 8.78 Å². The highest BCUT2D eigenvalue weighted by Gasteiger charge is 2.27. The van der Waals surface area contributed by atoms with Crippen LogP contribution in [0, 0.1) is 0 Å². The maximum absolute atomic E-state index is 12.6. The van der Waals surface area contributed by atoms with Crippen LogP contribution >= 0.6 is 0 Å². The molecule has 0 saturated heterocycles. The molecule has 1 aliphatic rings. The van der Waals surface area contributed by atoms with Gasteiger partial charge in [-0.1, -0.05) is 0 Å². The van der Waals surface area contributed by atoms with Crippen molar-refractivity contribution in [1.29, 1.82) is 0 Å². The third-order valence-corrected chi connectivity index (χ3v) is 2.61. The Kier molecular flexibility index (Phi) is 2.87. The van der Waals surface area contributed by atoms with E-state index in [1.165, 1.54) is 13.0 Å². The summed E-state index contributed by atoms with van der Waals surface area (Å²) in [5.41, 5.74) is -0.0554. The summed E-state index contributed by atoms with van der Waals surface area (Å²) < 4.78 is 35.4. The highest BCUT2D eigenvalue weighted by atomic mass is 19.3. The van der Waals surface area contributed by atoms with Gasteiger partial charge in [0.1, 0.15) is 0 Å². The van der Waals surface area contributed by atoms with Crippen molar-refractivity contribution < 1.29 is 28.2 Å². The van der Waals surface area contributed by atoms with Crippen molar-refractivity contribution in [2.24, 2.45) is 0 Å². The minimum atomic E-state index is -2.68. The lowest BCUT2D eigenvalue weighted by Crippen LogP contribution is -2.09. The molecule has 1 aromatic rings. The molecule has 4 nitrogen and oxygen atoms in total. The summed E-state index contributed by atoms with van der Waals surface area (Å²) >= 11 is 0. The third-order valence-electron chi connectivity index (χ3n) is 2.61. The first-order valence-corrected chi connectivity index (χ1v) is 4.95. The second kappa shape index (κ2) is 4.20. The molecule has 0 aromatic heterocycles. The van der Waals surface area contributed by atoms with E-state index >= 15 is 0 Å². The number of hydrogen-bond donors (Lipinski definition) is 1. The van der Waals surface area contributed by atoms with Gasteiger partial charge >= 0.3 is 5.97 Å². The molecule has 0 amide bonds. The molecule has 0 aliphatic carbocycles. The Morgan fingerprint density at radius 2 is 2.12 bits per heavy atom. The first kappa shape index (κ1) is 11.6. The van der Waals surface area contributed by atoms with Crippen LogP contribution in [0.25, 0.3) is 0 Å². The van der Waals surface area contributed by atoms with Crippen molar-refractivity contribution in [2.45, 2.75) is 19.3 Å². The number of aliphatic carboxylic acids is 1. The average Bonchev–Trinajstić information content (AvgIpc) is 2.74. The maximum atomic E-state index is 12.6. The number of hydrogen-bond acceptors (Lipinski definition) is 3. The molecule has 0 spiro atoms. The summed E-state index contributed by atoms with van der Waals surface area (Å²) in [6.45, 7) is 1.33. The normalized spacial score (nSPS) is 15.1. The quantitative estimate of drug-likeness (QED) is 0.887. The summed E-state index contributed by atoms with van der Waals surface area (Å²) in [4.78, 5) is 10.9. The van der Waals surface area contributed by atoms with Crippen molar-refractivity contribution in [3.05, 3.63) is 23.3 Å². The van der Waals surface area contributed by atoms with Gasteiger partial charge in [-0.15, -0.1) is 0 Å². The van der Waals surface area contributed by atoms with Crippen LogP contribution in [-0.2, 0) is 4.79 Å². The fourth-order valence-corrected chi connectivity index (χ4v) is 1.64. The van der Waals surface area contributed by atoms with Crippen molar-refractivity contribution in [2.75, 3.05) is 6.79 Å². The Balaban J connectivity index is 2.53. The highest BCUT2D eigenvalue weighted by Crippen LogP contribution is 2.42. The average molecular weight is 244 g/mol. The van der Waals surface area contributed by atoms with Crippen molar-refractivity contribution in [1.82, 2.24) is 0 Å². The minimum Gasteiger partial charge on any atom is -0.481 e. The van der Waals surface area contributed by atoms with Gasteiger partial charge in [0.05, 0.1) is 5.92 Å². The third kappa shape index (κ3) is 2.02. The van der Waals surface area contributed by atoms with Gasteiger partial charge in [-0.3, -0.25) is 4.79 Å². The van der Waals surface area contributed by atoms with Gasteiger partial charge < -0.3 is 14.6 Å². The van der Waals surface area contributed by atoms with Gasteiger partial charge in [0.15, 0.2) is 11.5 Å². The summed E-state index contributed by atoms with van der Waals surface area (Å²) in [6, 6.07) is 2.32. The number of alkyl halides is 2. The number of carboxylic acids is 1. The standard InChI is InChI=1S/C11H10F2O4/c1-5(11(14)15)7-2-6(10(12)13)3-8-9(7)17-4-16-8/h2-3,5,10H,4H2,1H3,(H,14,15). The number of fused-ring (bicyclic) bond motifs is 1. The summed E-state index contributed by atoms with van der Waals surface area (Å²) in [5.74, 6) is -1.62. The Labute approximate surface area is 95.8 Å². The highest BCUT2D eigenvalue weighted by molar-refractivity contribution is 5.77. The van der Waals surface area contributed by atoms with Crippen LogP contribution in [-0.4, -0.2) is 17.9 Å². The predicted molar refractivity (Wildman–Crippen MR) is 53.6 cm³/mol. The topological polar surface area (TPSA) is 55.8 Å². The number of carbonyl (C=O) groups is 1. The number of rotatable bonds is 3. The lowest BCUT2D eigenvalue weighted by atomic mass is 9.97. The summed E-state index contributed by atoms with van der Waals surface area (Å²) in [6.07, 6.45) is -2.68. The molecule has 0 radical (unpaired) electrons. The van der Waals surface area contributed by atoms with E-state index in [1.54, 1.807) is 0 Å². The van der Waals surface area contributed by atoms with E-state index in [1.807, 2.05) is 0 Å². The molecule has 0 saturated carbocycles. The second-order valence-corrected chi connectivity index (χ2v) is 3.70. The fourth-order valence-electron chi connectivity index (χ4n) is 1.64. The molecule has 0 fully saturated rings. The van der Waals surface area contributed by atoms with Crippen LogP contribution in [0.15, 0.2) is 12.1 Å². The lowest BCUT2D eigenvalue weighted by Gasteiger charge is -2.12. The molecule has 6 heteroatoms. The molecule has 1 heterocycles. The predicted octanol–water partition coefficient (Wildman–Crippen LogP) is 2.54. The van der Waals surface area contributed by atoms with E-state index in [4.69, 9.17) is 14.6 Å². The number of carboxylic acid groups (broad SMARTS) is 1. The molecule has 1 aliphatic heterocycles. The molecular weight excluding hydrogens is 234 g/mol. The molecule has 0 bridgehead atoms.